The molecule has 1 aliphatic carbocycles. The number of hydrogen-bond acceptors (Lipinski definition) is 5. The molecule has 7 heteroatoms. The predicted molar refractivity (Wildman–Crippen MR) is 133 cm³/mol. The van der Waals surface area contributed by atoms with Crippen LogP contribution in [0.2, 0.25) is 0 Å². The lowest BCUT2D eigenvalue weighted by Crippen LogP contribution is -2.25. The maximum absolute atomic E-state index is 13.5. The molecule has 1 fully saturated rings. The molecule has 1 aliphatic rings. The second kappa shape index (κ2) is 9.25. The molecule has 0 unspecified atom stereocenters. The SMILES string of the molecule is COC(=O)[C@@H](C)n1cc(C=Nn2c(C3CCCCC3)nc3ccccc3c2=O)c2ccccc21. The summed E-state index contributed by atoms with van der Waals surface area (Å²) in [4.78, 5) is 30.5. The summed E-state index contributed by atoms with van der Waals surface area (Å²) in [5, 5.41) is 6.18. The molecule has 1 atom stereocenters. The van der Waals surface area contributed by atoms with Crippen LogP contribution >= 0.6 is 0 Å². The molecule has 0 saturated heterocycles. The Bertz CT molecular complexity index is 1440. The number of rotatable bonds is 5. The fourth-order valence-electron chi connectivity index (χ4n) is 4.94. The van der Waals surface area contributed by atoms with Crippen LogP contribution in [0.4, 0.5) is 0 Å². The van der Waals surface area contributed by atoms with Crippen LogP contribution in [0.3, 0.4) is 0 Å². The van der Waals surface area contributed by atoms with E-state index in [1.807, 2.05) is 53.2 Å². The van der Waals surface area contributed by atoms with Gasteiger partial charge in [-0.2, -0.15) is 9.78 Å². The molecule has 0 bridgehead atoms. The van der Waals surface area contributed by atoms with Gasteiger partial charge in [-0.15, -0.1) is 0 Å². The van der Waals surface area contributed by atoms with Crippen molar-refractivity contribution >= 4 is 34.0 Å². The summed E-state index contributed by atoms with van der Waals surface area (Å²) in [6.45, 7) is 1.80. The summed E-state index contributed by atoms with van der Waals surface area (Å²) < 4.78 is 8.31. The summed E-state index contributed by atoms with van der Waals surface area (Å²) in [7, 11) is 1.39. The number of carbonyl (C=O) groups is 1. The first kappa shape index (κ1) is 22.1. The van der Waals surface area contributed by atoms with E-state index in [-0.39, 0.29) is 17.4 Å². The summed E-state index contributed by atoms with van der Waals surface area (Å²) in [6.07, 6.45) is 9.09. The molecule has 0 spiro atoms. The second-order valence-electron chi connectivity index (χ2n) is 8.89. The zero-order valence-corrected chi connectivity index (χ0v) is 19.5. The molecule has 2 aromatic carbocycles. The molecular formula is C27H28N4O3. The van der Waals surface area contributed by atoms with Gasteiger partial charge < -0.3 is 9.30 Å². The Morgan fingerprint density at radius 1 is 1.09 bits per heavy atom. The van der Waals surface area contributed by atoms with Gasteiger partial charge in [0.1, 0.15) is 11.9 Å². The first-order valence-electron chi connectivity index (χ1n) is 11.8. The number of esters is 1. The van der Waals surface area contributed by atoms with Gasteiger partial charge in [0, 0.05) is 28.6 Å². The number of benzene rings is 2. The van der Waals surface area contributed by atoms with E-state index in [0.29, 0.717) is 10.9 Å². The Labute approximate surface area is 197 Å². The Morgan fingerprint density at radius 2 is 1.79 bits per heavy atom. The van der Waals surface area contributed by atoms with Gasteiger partial charge in [0.2, 0.25) is 0 Å². The van der Waals surface area contributed by atoms with Crippen LogP contribution in [-0.2, 0) is 9.53 Å². The molecule has 1 saturated carbocycles. The molecule has 5 rings (SSSR count). The van der Waals surface area contributed by atoms with Crippen molar-refractivity contribution in [2.45, 2.75) is 51.0 Å². The number of nitrogens with zero attached hydrogens (tertiary/aromatic N) is 4. The Morgan fingerprint density at radius 3 is 2.56 bits per heavy atom. The highest BCUT2D eigenvalue weighted by atomic mass is 16.5. The largest absolute Gasteiger partial charge is 0.467 e. The maximum atomic E-state index is 13.5. The lowest BCUT2D eigenvalue weighted by molar-refractivity contribution is -0.143. The normalized spacial score (nSPS) is 15.8. The third kappa shape index (κ3) is 3.91. The minimum Gasteiger partial charge on any atom is -0.467 e. The van der Waals surface area contributed by atoms with Crippen LogP contribution in [-0.4, -0.2) is 33.5 Å². The highest BCUT2D eigenvalue weighted by Gasteiger charge is 2.23. The fraction of sp³-hybridized carbons (Fsp3) is 0.333. The van der Waals surface area contributed by atoms with Crippen LogP contribution in [0.15, 0.2) is 64.6 Å². The molecule has 2 heterocycles. The third-order valence-corrected chi connectivity index (χ3v) is 6.79. The molecule has 0 radical (unpaired) electrons. The highest BCUT2D eigenvalue weighted by molar-refractivity contribution is 6.00. The number of hydrogen-bond donors (Lipinski definition) is 0. The number of methoxy groups -OCH3 is 1. The van der Waals surface area contributed by atoms with Gasteiger partial charge in [-0.3, -0.25) is 4.79 Å². The number of para-hydroxylation sites is 2. The summed E-state index contributed by atoms with van der Waals surface area (Å²) in [6, 6.07) is 14.8. The molecule has 34 heavy (non-hydrogen) atoms. The van der Waals surface area contributed by atoms with E-state index >= 15 is 0 Å². The van der Waals surface area contributed by atoms with Gasteiger partial charge >= 0.3 is 5.97 Å². The number of ether oxygens (including phenoxy) is 1. The van der Waals surface area contributed by atoms with E-state index in [4.69, 9.17) is 9.72 Å². The Balaban J connectivity index is 1.64. The van der Waals surface area contributed by atoms with Gasteiger partial charge in [-0.1, -0.05) is 49.6 Å². The lowest BCUT2D eigenvalue weighted by atomic mass is 9.88. The third-order valence-electron chi connectivity index (χ3n) is 6.79. The van der Waals surface area contributed by atoms with Crippen molar-refractivity contribution < 1.29 is 9.53 Å². The van der Waals surface area contributed by atoms with Crippen LogP contribution in [0.5, 0.6) is 0 Å². The number of carbonyl (C=O) groups excluding carboxylic acids is 1. The maximum Gasteiger partial charge on any atom is 0.328 e. The van der Waals surface area contributed by atoms with E-state index in [9.17, 15) is 9.59 Å². The number of aromatic nitrogens is 3. The monoisotopic (exact) mass is 456 g/mol. The molecule has 2 aromatic heterocycles. The van der Waals surface area contributed by atoms with Gasteiger partial charge in [-0.25, -0.2) is 9.78 Å². The van der Waals surface area contributed by atoms with E-state index in [1.165, 1.54) is 18.2 Å². The van der Waals surface area contributed by atoms with Gasteiger partial charge in [0.05, 0.1) is 24.2 Å². The summed E-state index contributed by atoms with van der Waals surface area (Å²) in [5.41, 5.74) is 2.27. The Hall–Kier alpha value is -3.74. The van der Waals surface area contributed by atoms with Crippen LogP contribution in [0.25, 0.3) is 21.8 Å². The average Bonchev–Trinajstić information content (AvgIpc) is 3.26. The van der Waals surface area contributed by atoms with Crippen LogP contribution in [0.1, 0.15) is 62.4 Å². The van der Waals surface area contributed by atoms with E-state index in [0.717, 1.165) is 48.0 Å². The zero-order chi connectivity index (χ0) is 23.7. The average molecular weight is 457 g/mol. The van der Waals surface area contributed by atoms with Gasteiger partial charge in [0.25, 0.3) is 5.56 Å². The van der Waals surface area contributed by atoms with Crippen molar-refractivity contribution in [3.63, 3.8) is 0 Å². The minimum absolute atomic E-state index is 0.158. The van der Waals surface area contributed by atoms with E-state index in [2.05, 4.69) is 5.10 Å². The van der Waals surface area contributed by atoms with Crippen molar-refractivity contribution in [2.24, 2.45) is 5.10 Å². The standard InChI is InChI=1S/C27H28N4O3/c1-18(27(33)34-2)30-17-20(21-12-7-9-15-24(21)30)16-28-31-25(19-10-4-3-5-11-19)29-23-14-8-6-13-22(23)26(31)32/h6-9,12-19H,3-5,10-11H2,1-2H3/t18-/m1/s1. The molecule has 7 nitrogen and oxygen atoms in total. The fourth-order valence-corrected chi connectivity index (χ4v) is 4.94. The second-order valence-corrected chi connectivity index (χ2v) is 8.89. The first-order chi connectivity index (χ1) is 16.6. The Kier molecular flexibility index (Phi) is 6.01. The molecule has 4 aromatic rings. The molecule has 0 N–H and O–H groups in total. The molecule has 174 valence electrons. The summed E-state index contributed by atoms with van der Waals surface area (Å²) >= 11 is 0. The van der Waals surface area contributed by atoms with E-state index in [1.54, 1.807) is 19.2 Å². The minimum atomic E-state index is -0.486. The first-order valence-corrected chi connectivity index (χ1v) is 11.8. The van der Waals surface area contributed by atoms with Crippen molar-refractivity contribution in [1.82, 2.24) is 14.2 Å². The smallest absolute Gasteiger partial charge is 0.328 e. The van der Waals surface area contributed by atoms with Gasteiger partial charge in [0.15, 0.2) is 0 Å². The van der Waals surface area contributed by atoms with Crippen LogP contribution in [0, 0.1) is 0 Å². The van der Waals surface area contributed by atoms with Crippen molar-refractivity contribution in [3.05, 3.63) is 76.5 Å². The highest BCUT2D eigenvalue weighted by Crippen LogP contribution is 2.32. The van der Waals surface area contributed by atoms with Crippen molar-refractivity contribution in [1.29, 1.82) is 0 Å². The predicted octanol–water partition coefficient (Wildman–Crippen LogP) is 5.02. The lowest BCUT2D eigenvalue weighted by Gasteiger charge is -2.22. The molecule has 0 aliphatic heterocycles. The topological polar surface area (TPSA) is 78.5 Å². The molecule has 0 amide bonds. The van der Waals surface area contributed by atoms with E-state index < -0.39 is 6.04 Å². The van der Waals surface area contributed by atoms with Crippen LogP contribution < -0.4 is 5.56 Å². The van der Waals surface area contributed by atoms with Gasteiger partial charge in [-0.05, 0) is 38.0 Å². The zero-order valence-electron chi connectivity index (χ0n) is 19.5. The molecular weight excluding hydrogens is 428 g/mol. The number of fused-ring (bicyclic) bond motifs is 2. The quantitative estimate of drug-likeness (QED) is 0.312. The van der Waals surface area contributed by atoms with Crippen molar-refractivity contribution in [2.75, 3.05) is 7.11 Å². The van der Waals surface area contributed by atoms with Crippen molar-refractivity contribution in [3.8, 4) is 0 Å². The summed E-state index contributed by atoms with van der Waals surface area (Å²) in [5.74, 6) is 0.619.